The van der Waals surface area contributed by atoms with Crippen LogP contribution in [0.2, 0.25) is 0 Å². The maximum Gasteiger partial charge on any atom is 0.320 e. The average molecular weight is 283 g/mol. The van der Waals surface area contributed by atoms with Gasteiger partial charge in [-0.25, -0.2) is 0 Å². The summed E-state index contributed by atoms with van der Waals surface area (Å²) in [6, 6.07) is 0.429. The Morgan fingerprint density at radius 3 is 2.45 bits per heavy atom. The van der Waals surface area contributed by atoms with Crippen molar-refractivity contribution in [1.29, 1.82) is 0 Å². The van der Waals surface area contributed by atoms with Gasteiger partial charge < -0.3 is 15.3 Å². The molecule has 1 atom stereocenters. The molecule has 0 aromatic heterocycles. The minimum Gasteiger partial charge on any atom is -0.480 e. The molecule has 1 unspecified atom stereocenters. The number of carboxylic acid groups (broad SMARTS) is 1. The summed E-state index contributed by atoms with van der Waals surface area (Å²) < 4.78 is 0. The average Bonchev–Trinajstić information content (AvgIpc) is 2.98. The van der Waals surface area contributed by atoms with Crippen molar-refractivity contribution in [3.63, 3.8) is 0 Å². The highest BCUT2D eigenvalue weighted by atomic mass is 16.4. The predicted molar refractivity (Wildman–Crippen MR) is 80.0 cm³/mol. The molecule has 1 heterocycles. The van der Waals surface area contributed by atoms with Crippen LogP contribution >= 0.6 is 0 Å². The summed E-state index contributed by atoms with van der Waals surface area (Å²) in [7, 11) is 0. The van der Waals surface area contributed by atoms with Crippen LogP contribution in [0.3, 0.4) is 0 Å². The van der Waals surface area contributed by atoms with Gasteiger partial charge in [0.25, 0.3) is 0 Å². The first kappa shape index (κ1) is 15.7. The van der Waals surface area contributed by atoms with Gasteiger partial charge in [0.2, 0.25) is 0 Å². The maximum atomic E-state index is 11.1. The van der Waals surface area contributed by atoms with Gasteiger partial charge in [0, 0.05) is 38.8 Å². The first-order valence-electron chi connectivity index (χ1n) is 8.13. The number of nitrogens with one attached hydrogen (secondary N) is 1. The zero-order chi connectivity index (χ0) is 14.4. The molecule has 0 radical (unpaired) electrons. The zero-order valence-corrected chi connectivity index (χ0v) is 12.7. The molecule has 5 nitrogen and oxygen atoms in total. The Kier molecular flexibility index (Phi) is 6.26. The Labute approximate surface area is 122 Å². The Balaban J connectivity index is 1.67. The van der Waals surface area contributed by atoms with Crippen LogP contribution in [0.15, 0.2) is 0 Å². The second kappa shape index (κ2) is 7.96. The topological polar surface area (TPSA) is 55.8 Å². The van der Waals surface area contributed by atoms with Gasteiger partial charge in [0.05, 0.1) is 0 Å². The molecule has 2 N–H and O–H groups in total. The standard InChI is InChI=1S/C15H29N3O2/c1-2-16-14(15(19)20)7-8-17-9-11-18(12-10-17)13-5-3-4-6-13/h13-14,16H,2-12H2,1H3,(H,19,20). The Bertz CT molecular complexity index is 297. The molecule has 5 heteroatoms. The Morgan fingerprint density at radius 1 is 1.25 bits per heavy atom. The lowest BCUT2D eigenvalue weighted by Gasteiger charge is -2.38. The van der Waals surface area contributed by atoms with Crippen molar-refractivity contribution in [2.45, 2.75) is 51.1 Å². The van der Waals surface area contributed by atoms with Gasteiger partial charge in [0.15, 0.2) is 0 Å². The van der Waals surface area contributed by atoms with Gasteiger partial charge >= 0.3 is 5.97 Å². The summed E-state index contributed by atoms with van der Waals surface area (Å²) >= 11 is 0. The van der Waals surface area contributed by atoms with Crippen LogP contribution in [-0.4, -0.2) is 72.2 Å². The fraction of sp³-hybridized carbons (Fsp3) is 0.933. The highest BCUT2D eigenvalue weighted by Gasteiger charge is 2.26. The molecular weight excluding hydrogens is 254 g/mol. The second-order valence-electron chi connectivity index (χ2n) is 6.05. The predicted octanol–water partition coefficient (Wildman–Crippen LogP) is 0.999. The number of carbonyl (C=O) groups is 1. The van der Waals surface area contributed by atoms with Gasteiger partial charge in [0.1, 0.15) is 6.04 Å². The van der Waals surface area contributed by atoms with Crippen molar-refractivity contribution < 1.29 is 9.90 Å². The molecule has 0 spiro atoms. The number of hydrogen-bond donors (Lipinski definition) is 2. The van der Waals surface area contributed by atoms with Crippen LogP contribution < -0.4 is 5.32 Å². The maximum absolute atomic E-state index is 11.1. The smallest absolute Gasteiger partial charge is 0.320 e. The third-order valence-electron chi connectivity index (χ3n) is 4.73. The van der Waals surface area contributed by atoms with Crippen molar-refractivity contribution in [2.75, 3.05) is 39.3 Å². The molecule has 2 rings (SSSR count). The number of aliphatic carboxylic acids is 1. The SMILES string of the molecule is CCNC(CCN1CCN(C2CCCC2)CC1)C(=O)O. The van der Waals surface area contributed by atoms with E-state index in [-0.39, 0.29) is 0 Å². The largest absolute Gasteiger partial charge is 0.480 e. The van der Waals surface area contributed by atoms with E-state index in [1.54, 1.807) is 0 Å². The molecular formula is C15H29N3O2. The number of likely N-dealkylation sites (N-methyl/N-ethyl adjacent to an activating group) is 1. The number of piperazine rings is 1. The molecule has 0 aromatic rings. The Hall–Kier alpha value is -0.650. The van der Waals surface area contributed by atoms with E-state index in [2.05, 4.69) is 15.1 Å². The van der Waals surface area contributed by atoms with E-state index in [4.69, 9.17) is 5.11 Å². The Morgan fingerprint density at radius 2 is 1.90 bits per heavy atom. The van der Waals surface area contributed by atoms with E-state index in [1.165, 1.54) is 25.7 Å². The van der Waals surface area contributed by atoms with Crippen LogP contribution in [0.5, 0.6) is 0 Å². The number of hydrogen-bond acceptors (Lipinski definition) is 4. The third-order valence-corrected chi connectivity index (χ3v) is 4.73. The lowest BCUT2D eigenvalue weighted by molar-refractivity contribution is -0.139. The quantitative estimate of drug-likeness (QED) is 0.730. The fourth-order valence-electron chi connectivity index (χ4n) is 3.49. The molecule has 0 amide bonds. The molecule has 0 bridgehead atoms. The van der Waals surface area contributed by atoms with Crippen molar-refractivity contribution in [3.8, 4) is 0 Å². The van der Waals surface area contributed by atoms with Crippen LogP contribution in [0.1, 0.15) is 39.0 Å². The minimum atomic E-state index is -0.726. The monoisotopic (exact) mass is 283 g/mol. The summed E-state index contributed by atoms with van der Waals surface area (Å²) in [4.78, 5) is 16.2. The molecule has 20 heavy (non-hydrogen) atoms. The number of rotatable bonds is 7. The van der Waals surface area contributed by atoms with Crippen molar-refractivity contribution >= 4 is 5.97 Å². The first-order valence-corrected chi connectivity index (χ1v) is 8.13. The van der Waals surface area contributed by atoms with Crippen LogP contribution in [0.4, 0.5) is 0 Å². The van der Waals surface area contributed by atoms with Crippen molar-refractivity contribution in [1.82, 2.24) is 15.1 Å². The summed E-state index contributed by atoms with van der Waals surface area (Å²) in [6.45, 7) is 8.06. The number of carboxylic acids is 1. The van der Waals surface area contributed by atoms with Crippen molar-refractivity contribution in [3.05, 3.63) is 0 Å². The van der Waals surface area contributed by atoms with E-state index in [0.717, 1.165) is 38.8 Å². The summed E-state index contributed by atoms with van der Waals surface area (Å²) in [5, 5.41) is 12.2. The van der Waals surface area contributed by atoms with Crippen LogP contribution in [0, 0.1) is 0 Å². The molecule has 116 valence electrons. The van der Waals surface area contributed by atoms with E-state index in [1.807, 2.05) is 6.92 Å². The molecule has 1 saturated heterocycles. The van der Waals surface area contributed by atoms with Gasteiger partial charge in [-0.2, -0.15) is 0 Å². The summed E-state index contributed by atoms with van der Waals surface area (Å²) in [6.07, 6.45) is 6.25. The summed E-state index contributed by atoms with van der Waals surface area (Å²) in [5.41, 5.74) is 0. The van der Waals surface area contributed by atoms with Crippen molar-refractivity contribution in [2.24, 2.45) is 0 Å². The van der Waals surface area contributed by atoms with Gasteiger partial charge in [-0.1, -0.05) is 19.8 Å². The molecule has 1 aliphatic carbocycles. The van der Waals surface area contributed by atoms with E-state index in [9.17, 15) is 4.79 Å². The van der Waals surface area contributed by atoms with Gasteiger partial charge in [-0.3, -0.25) is 9.69 Å². The van der Waals surface area contributed by atoms with Gasteiger partial charge in [-0.15, -0.1) is 0 Å². The minimum absolute atomic E-state index is 0.395. The highest BCUT2D eigenvalue weighted by Crippen LogP contribution is 2.24. The van der Waals surface area contributed by atoms with E-state index >= 15 is 0 Å². The second-order valence-corrected chi connectivity index (χ2v) is 6.05. The molecule has 2 aliphatic rings. The zero-order valence-electron chi connectivity index (χ0n) is 12.7. The van der Waals surface area contributed by atoms with Gasteiger partial charge in [-0.05, 0) is 25.8 Å². The molecule has 1 aliphatic heterocycles. The van der Waals surface area contributed by atoms with Crippen LogP contribution in [-0.2, 0) is 4.79 Å². The number of nitrogens with zero attached hydrogens (tertiary/aromatic N) is 2. The molecule has 2 fully saturated rings. The lowest BCUT2D eigenvalue weighted by atomic mass is 10.1. The van der Waals surface area contributed by atoms with E-state index < -0.39 is 12.0 Å². The van der Waals surface area contributed by atoms with Crippen LogP contribution in [0.25, 0.3) is 0 Å². The third kappa shape index (κ3) is 4.43. The molecule has 1 saturated carbocycles. The normalized spacial score (nSPS) is 24.1. The summed E-state index contributed by atoms with van der Waals surface area (Å²) in [5.74, 6) is -0.726. The fourth-order valence-corrected chi connectivity index (χ4v) is 3.49. The lowest BCUT2D eigenvalue weighted by Crippen LogP contribution is -2.50. The molecule has 0 aromatic carbocycles. The first-order chi connectivity index (χ1) is 9.70. The van der Waals surface area contributed by atoms with E-state index in [0.29, 0.717) is 13.0 Å². The highest BCUT2D eigenvalue weighted by molar-refractivity contribution is 5.73.